The molecule has 0 bridgehead atoms. The molecule has 0 aliphatic heterocycles. The van der Waals surface area contributed by atoms with Gasteiger partial charge in [0.05, 0.1) is 31.5 Å². The molecule has 1 rings (SSSR count). The van der Waals surface area contributed by atoms with E-state index in [1.165, 1.54) is 13.2 Å². The normalized spacial score (nSPS) is 9.89. The summed E-state index contributed by atoms with van der Waals surface area (Å²) in [5, 5.41) is 0. The van der Waals surface area contributed by atoms with Crippen LogP contribution in [0.2, 0.25) is 0 Å². The van der Waals surface area contributed by atoms with Gasteiger partial charge in [0.15, 0.2) is 6.29 Å². The minimum absolute atomic E-state index is 0.148. The molecule has 0 N–H and O–H groups in total. The smallest absolute Gasteiger partial charge is 0.338 e. The molecule has 0 fully saturated rings. The summed E-state index contributed by atoms with van der Waals surface area (Å²) in [5.74, 6) is 0.282. The molecule has 0 atom stereocenters. The Morgan fingerprint density at radius 2 is 1.89 bits per heavy atom. The average molecular weight is 266 g/mol. The Balaban J connectivity index is 3.52. The highest BCUT2D eigenvalue weighted by Crippen LogP contribution is 2.34. The summed E-state index contributed by atoms with van der Waals surface area (Å²) in [7, 11) is 1.26. The number of aldehydes is 1. The van der Waals surface area contributed by atoms with Gasteiger partial charge in [0, 0.05) is 5.56 Å². The first-order chi connectivity index (χ1) is 9.10. The van der Waals surface area contributed by atoms with Crippen molar-refractivity contribution < 1.29 is 23.8 Å². The number of carbonyl (C=O) groups is 2. The van der Waals surface area contributed by atoms with E-state index in [9.17, 15) is 9.59 Å². The van der Waals surface area contributed by atoms with Gasteiger partial charge in [-0.2, -0.15) is 0 Å². The first kappa shape index (κ1) is 15.0. The molecular formula is C14H18O5. The van der Waals surface area contributed by atoms with Gasteiger partial charge in [-0.3, -0.25) is 4.79 Å². The zero-order valence-corrected chi connectivity index (χ0v) is 11.6. The molecule has 0 spiro atoms. The predicted octanol–water partition coefficient (Wildman–Crippen LogP) is 2.39. The van der Waals surface area contributed by atoms with Crippen LogP contribution in [-0.2, 0) is 4.74 Å². The molecule has 1 aromatic rings. The molecular weight excluding hydrogens is 248 g/mol. The van der Waals surface area contributed by atoms with Crippen LogP contribution in [-0.4, -0.2) is 32.6 Å². The second-order valence-corrected chi connectivity index (χ2v) is 3.77. The standard InChI is InChI=1S/C14H18O5/c1-5-18-12-7-10(14(16)17-4)11(8-15)13(9(12)3)19-6-2/h7-8H,5-6H2,1-4H3. The molecule has 5 nitrogen and oxygen atoms in total. The predicted molar refractivity (Wildman–Crippen MR) is 70.2 cm³/mol. The number of methoxy groups -OCH3 is 1. The van der Waals surface area contributed by atoms with Crippen molar-refractivity contribution in [1.29, 1.82) is 0 Å². The van der Waals surface area contributed by atoms with Crippen LogP contribution in [0.15, 0.2) is 6.07 Å². The molecule has 0 aliphatic rings. The molecule has 0 radical (unpaired) electrons. The number of ether oxygens (including phenoxy) is 3. The molecule has 0 saturated carbocycles. The minimum Gasteiger partial charge on any atom is -0.493 e. The Hall–Kier alpha value is -2.04. The van der Waals surface area contributed by atoms with E-state index in [-0.39, 0.29) is 11.1 Å². The van der Waals surface area contributed by atoms with E-state index in [4.69, 9.17) is 9.47 Å². The van der Waals surface area contributed by atoms with Crippen LogP contribution in [0.5, 0.6) is 11.5 Å². The highest BCUT2D eigenvalue weighted by Gasteiger charge is 2.21. The van der Waals surface area contributed by atoms with Gasteiger partial charge in [-0.05, 0) is 26.8 Å². The quantitative estimate of drug-likeness (QED) is 0.584. The first-order valence-electron chi connectivity index (χ1n) is 6.07. The van der Waals surface area contributed by atoms with Gasteiger partial charge < -0.3 is 14.2 Å². The van der Waals surface area contributed by atoms with Crippen molar-refractivity contribution in [2.45, 2.75) is 20.8 Å². The maximum Gasteiger partial charge on any atom is 0.338 e. The van der Waals surface area contributed by atoms with Crippen LogP contribution < -0.4 is 9.47 Å². The van der Waals surface area contributed by atoms with Crippen molar-refractivity contribution >= 4 is 12.3 Å². The van der Waals surface area contributed by atoms with Gasteiger partial charge in [-0.15, -0.1) is 0 Å². The third-order valence-corrected chi connectivity index (χ3v) is 2.63. The molecule has 0 unspecified atom stereocenters. The summed E-state index contributed by atoms with van der Waals surface area (Å²) in [4.78, 5) is 23.0. The summed E-state index contributed by atoms with van der Waals surface area (Å²) >= 11 is 0. The van der Waals surface area contributed by atoms with Crippen molar-refractivity contribution in [3.8, 4) is 11.5 Å². The highest BCUT2D eigenvalue weighted by molar-refractivity contribution is 6.01. The number of hydrogen-bond donors (Lipinski definition) is 0. The number of carbonyl (C=O) groups excluding carboxylic acids is 2. The second kappa shape index (κ2) is 6.78. The molecule has 0 amide bonds. The van der Waals surface area contributed by atoms with Crippen LogP contribution in [0, 0.1) is 6.92 Å². The number of esters is 1. The third kappa shape index (κ3) is 3.05. The lowest BCUT2D eigenvalue weighted by Gasteiger charge is -2.16. The summed E-state index contributed by atoms with van der Waals surface area (Å²) in [6.45, 7) is 6.26. The van der Waals surface area contributed by atoms with E-state index >= 15 is 0 Å². The van der Waals surface area contributed by atoms with Gasteiger partial charge in [0.25, 0.3) is 0 Å². The van der Waals surface area contributed by atoms with Gasteiger partial charge in [0.2, 0.25) is 0 Å². The lowest BCUT2D eigenvalue weighted by atomic mass is 10.0. The van der Waals surface area contributed by atoms with Crippen LogP contribution in [0.4, 0.5) is 0 Å². The molecule has 0 saturated heterocycles. The average Bonchev–Trinajstić information content (AvgIpc) is 2.42. The topological polar surface area (TPSA) is 61.8 Å². The van der Waals surface area contributed by atoms with E-state index in [0.717, 1.165) is 0 Å². The SMILES string of the molecule is CCOc1cc(C(=O)OC)c(C=O)c(OCC)c1C. The molecule has 1 aromatic carbocycles. The van der Waals surface area contributed by atoms with E-state index < -0.39 is 5.97 Å². The van der Waals surface area contributed by atoms with Crippen LogP contribution >= 0.6 is 0 Å². The Morgan fingerprint density at radius 1 is 1.26 bits per heavy atom. The first-order valence-corrected chi connectivity index (χ1v) is 6.07. The van der Waals surface area contributed by atoms with E-state index in [1.807, 2.05) is 6.92 Å². The fraction of sp³-hybridized carbons (Fsp3) is 0.429. The number of rotatable bonds is 6. The van der Waals surface area contributed by atoms with Gasteiger partial charge in [0.1, 0.15) is 11.5 Å². The summed E-state index contributed by atoms with van der Waals surface area (Å²) in [6.07, 6.45) is 0.597. The summed E-state index contributed by atoms with van der Waals surface area (Å²) < 4.78 is 15.6. The van der Waals surface area contributed by atoms with E-state index in [1.54, 1.807) is 13.8 Å². The Morgan fingerprint density at radius 3 is 2.37 bits per heavy atom. The lowest BCUT2D eigenvalue weighted by Crippen LogP contribution is -2.10. The van der Waals surface area contributed by atoms with Gasteiger partial charge in [-0.1, -0.05) is 0 Å². The van der Waals surface area contributed by atoms with Gasteiger partial charge in [-0.25, -0.2) is 4.79 Å². The van der Waals surface area contributed by atoms with E-state index in [0.29, 0.717) is 36.6 Å². The summed E-state index contributed by atoms with van der Waals surface area (Å²) in [6, 6.07) is 1.51. The van der Waals surface area contributed by atoms with Crippen LogP contribution in [0.1, 0.15) is 40.1 Å². The Kier molecular flexibility index (Phi) is 5.36. The van der Waals surface area contributed by atoms with Crippen molar-refractivity contribution in [1.82, 2.24) is 0 Å². The van der Waals surface area contributed by atoms with E-state index in [2.05, 4.69) is 4.74 Å². The lowest BCUT2D eigenvalue weighted by molar-refractivity contribution is 0.0597. The zero-order chi connectivity index (χ0) is 14.4. The Labute approximate surface area is 112 Å². The molecule has 5 heteroatoms. The van der Waals surface area contributed by atoms with Crippen LogP contribution in [0.25, 0.3) is 0 Å². The van der Waals surface area contributed by atoms with Crippen molar-refractivity contribution in [2.75, 3.05) is 20.3 Å². The maximum absolute atomic E-state index is 11.7. The molecule has 0 aliphatic carbocycles. The monoisotopic (exact) mass is 266 g/mol. The third-order valence-electron chi connectivity index (χ3n) is 2.63. The maximum atomic E-state index is 11.7. The van der Waals surface area contributed by atoms with Crippen molar-refractivity contribution in [3.63, 3.8) is 0 Å². The number of benzene rings is 1. The zero-order valence-electron chi connectivity index (χ0n) is 11.6. The number of hydrogen-bond acceptors (Lipinski definition) is 5. The molecule has 0 aromatic heterocycles. The highest BCUT2D eigenvalue weighted by atomic mass is 16.5. The van der Waals surface area contributed by atoms with Gasteiger partial charge >= 0.3 is 5.97 Å². The largest absolute Gasteiger partial charge is 0.493 e. The van der Waals surface area contributed by atoms with Crippen molar-refractivity contribution in [3.05, 3.63) is 22.8 Å². The summed E-state index contributed by atoms with van der Waals surface area (Å²) in [5.41, 5.74) is 1.03. The molecule has 0 heterocycles. The fourth-order valence-corrected chi connectivity index (χ4v) is 1.78. The minimum atomic E-state index is -0.594. The molecule has 104 valence electrons. The van der Waals surface area contributed by atoms with Crippen molar-refractivity contribution in [2.24, 2.45) is 0 Å². The van der Waals surface area contributed by atoms with Crippen LogP contribution in [0.3, 0.4) is 0 Å². The Bertz CT molecular complexity index is 479. The fourth-order valence-electron chi connectivity index (χ4n) is 1.78. The molecule has 19 heavy (non-hydrogen) atoms. The second-order valence-electron chi connectivity index (χ2n) is 3.77.